The Balaban J connectivity index is 1.91. The number of carbonyl (C=O) groups is 3. The average molecular weight is 481 g/mol. The first-order chi connectivity index (χ1) is 16.7. The van der Waals surface area contributed by atoms with Gasteiger partial charge in [0.1, 0.15) is 18.0 Å². The van der Waals surface area contributed by atoms with Crippen molar-refractivity contribution >= 4 is 23.5 Å². The summed E-state index contributed by atoms with van der Waals surface area (Å²) in [5.41, 5.74) is 9.75. The number of aromatic hydroxyl groups is 1. The predicted molar refractivity (Wildman–Crippen MR) is 136 cm³/mol. The van der Waals surface area contributed by atoms with Crippen molar-refractivity contribution in [2.75, 3.05) is 11.9 Å². The van der Waals surface area contributed by atoms with E-state index in [2.05, 4.69) is 19.2 Å². The minimum Gasteiger partial charge on any atom is -0.507 e. The summed E-state index contributed by atoms with van der Waals surface area (Å²) in [4.78, 5) is 41.4. The number of amides is 4. The Morgan fingerprint density at radius 2 is 1.57 bits per heavy atom. The molecule has 1 heterocycles. The largest absolute Gasteiger partial charge is 0.507 e. The van der Waals surface area contributed by atoms with Gasteiger partial charge in [-0.25, -0.2) is 4.79 Å². The second kappa shape index (κ2) is 11.4. The van der Waals surface area contributed by atoms with Gasteiger partial charge in [0.05, 0.1) is 0 Å². The zero-order valence-corrected chi connectivity index (χ0v) is 21.0. The molecule has 3 rings (SSSR count). The van der Waals surface area contributed by atoms with E-state index in [1.165, 1.54) is 11.9 Å². The van der Waals surface area contributed by atoms with Crippen molar-refractivity contribution in [3.63, 3.8) is 0 Å². The number of hydrogen-bond acceptors (Lipinski definition) is 5. The van der Waals surface area contributed by atoms with Gasteiger partial charge in [-0.2, -0.15) is 0 Å². The normalized spacial score (nSPS) is 18.2. The summed E-state index contributed by atoms with van der Waals surface area (Å²) in [6.07, 6.45) is 3.92. The fourth-order valence-corrected chi connectivity index (χ4v) is 4.25. The number of phenolic OH excluding ortho intramolecular Hbond substituents is 1. The Morgan fingerprint density at radius 3 is 2.09 bits per heavy atom. The number of carbonyl (C=O) groups excluding carboxylic acids is 3. The quantitative estimate of drug-likeness (QED) is 0.504. The van der Waals surface area contributed by atoms with Crippen molar-refractivity contribution in [2.24, 2.45) is 5.73 Å². The third kappa shape index (κ3) is 5.65. The van der Waals surface area contributed by atoms with Gasteiger partial charge in [0.2, 0.25) is 0 Å². The number of nitrogens with two attached hydrogens (primary N) is 1. The molecule has 0 radical (unpaired) electrons. The molecule has 1 fully saturated rings. The maximum absolute atomic E-state index is 13.3. The van der Waals surface area contributed by atoms with Gasteiger partial charge < -0.3 is 16.2 Å². The van der Waals surface area contributed by atoms with Gasteiger partial charge in [-0.05, 0) is 68.0 Å². The zero-order valence-electron chi connectivity index (χ0n) is 21.0. The van der Waals surface area contributed by atoms with E-state index in [9.17, 15) is 19.5 Å². The SMILES string of the molecule is CCCCc1cc(C(=O)NC2C(=O)N(C)C(=O)N(c3ccc(C)cc3)C2N)cc(CCCC)c1O. The van der Waals surface area contributed by atoms with Crippen molar-refractivity contribution in [3.05, 3.63) is 58.7 Å². The molecule has 2 aromatic carbocycles. The van der Waals surface area contributed by atoms with E-state index in [-0.39, 0.29) is 5.75 Å². The number of likely N-dealkylation sites (N-methyl/N-ethyl adjacent to an activating group) is 1. The van der Waals surface area contributed by atoms with Gasteiger partial charge in [0.15, 0.2) is 0 Å². The highest BCUT2D eigenvalue weighted by atomic mass is 16.3. The first kappa shape index (κ1) is 26.2. The number of nitrogens with one attached hydrogen (secondary N) is 1. The van der Waals surface area contributed by atoms with Gasteiger partial charge in [-0.1, -0.05) is 44.4 Å². The van der Waals surface area contributed by atoms with Gasteiger partial charge in [0, 0.05) is 18.3 Å². The van der Waals surface area contributed by atoms with E-state index in [1.54, 1.807) is 24.3 Å². The van der Waals surface area contributed by atoms with Gasteiger partial charge >= 0.3 is 6.03 Å². The summed E-state index contributed by atoms with van der Waals surface area (Å²) < 4.78 is 0. The monoisotopic (exact) mass is 480 g/mol. The minimum atomic E-state index is -1.13. The summed E-state index contributed by atoms with van der Waals surface area (Å²) in [7, 11) is 1.38. The molecule has 0 bridgehead atoms. The van der Waals surface area contributed by atoms with Crippen LogP contribution in [0.15, 0.2) is 36.4 Å². The average Bonchev–Trinajstić information content (AvgIpc) is 2.85. The molecule has 1 aliphatic heterocycles. The first-order valence-electron chi connectivity index (χ1n) is 12.3. The molecule has 188 valence electrons. The van der Waals surface area contributed by atoms with Crippen LogP contribution in [-0.2, 0) is 17.6 Å². The summed E-state index contributed by atoms with van der Waals surface area (Å²) in [5.74, 6) is -0.805. The van der Waals surface area contributed by atoms with Crippen LogP contribution in [0.1, 0.15) is 66.6 Å². The van der Waals surface area contributed by atoms with Crippen LogP contribution in [0.5, 0.6) is 5.75 Å². The molecular weight excluding hydrogens is 444 g/mol. The molecule has 4 amide bonds. The Labute approximate surface area is 207 Å². The summed E-state index contributed by atoms with van der Waals surface area (Å²) in [6.45, 7) is 6.07. The Kier molecular flexibility index (Phi) is 8.51. The Hall–Kier alpha value is -3.39. The van der Waals surface area contributed by atoms with Crippen LogP contribution in [0.4, 0.5) is 10.5 Å². The third-order valence-electron chi connectivity index (χ3n) is 6.46. The summed E-state index contributed by atoms with van der Waals surface area (Å²) in [6, 6.07) is 8.91. The number of hydrogen-bond donors (Lipinski definition) is 3. The summed E-state index contributed by atoms with van der Waals surface area (Å²) >= 11 is 0. The van der Waals surface area contributed by atoms with Gasteiger partial charge in [-0.3, -0.25) is 19.4 Å². The highest BCUT2D eigenvalue weighted by Gasteiger charge is 2.44. The molecule has 4 N–H and O–H groups in total. The van der Waals surface area contributed by atoms with Crippen LogP contribution >= 0.6 is 0 Å². The Bertz CT molecular complexity index is 1050. The fourth-order valence-electron chi connectivity index (χ4n) is 4.25. The van der Waals surface area contributed by atoms with Gasteiger partial charge in [-0.15, -0.1) is 0 Å². The van der Waals surface area contributed by atoms with Crippen LogP contribution in [0.2, 0.25) is 0 Å². The number of phenols is 1. The number of imide groups is 1. The lowest BCUT2D eigenvalue weighted by Gasteiger charge is -2.41. The van der Waals surface area contributed by atoms with Crippen LogP contribution in [-0.4, -0.2) is 47.1 Å². The summed E-state index contributed by atoms with van der Waals surface area (Å²) in [5, 5.41) is 13.5. The molecule has 35 heavy (non-hydrogen) atoms. The number of anilines is 1. The number of benzene rings is 2. The van der Waals surface area contributed by atoms with Crippen LogP contribution in [0, 0.1) is 6.92 Å². The number of rotatable bonds is 9. The van der Waals surface area contributed by atoms with Crippen LogP contribution < -0.4 is 16.0 Å². The smallest absolute Gasteiger partial charge is 0.332 e. The van der Waals surface area contributed by atoms with Crippen molar-refractivity contribution in [1.29, 1.82) is 0 Å². The molecule has 0 aliphatic carbocycles. The van der Waals surface area contributed by atoms with Crippen LogP contribution in [0.25, 0.3) is 0 Å². The molecule has 2 atom stereocenters. The standard InChI is InChI=1S/C27H36N4O4/c1-5-7-9-18-15-20(16-19(23(18)32)10-8-6-2)25(33)29-22-24(28)31(27(35)30(4)26(22)34)21-13-11-17(3)12-14-21/h11-16,22,24,32H,5-10,28H2,1-4H3,(H,29,33). The maximum atomic E-state index is 13.3. The van der Waals surface area contributed by atoms with E-state index in [4.69, 9.17) is 5.73 Å². The minimum absolute atomic E-state index is 0.241. The van der Waals surface area contributed by atoms with Crippen molar-refractivity contribution in [3.8, 4) is 5.75 Å². The van der Waals surface area contributed by atoms with Crippen LogP contribution in [0.3, 0.4) is 0 Å². The number of unbranched alkanes of at least 4 members (excludes halogenated alkanes) is 2. The third-order valence-corrected chi connectivity index (χ3v) is 6.46. The lowest BCUT2D eigenvalue weighted by atomic mass is 9.96. The lowest BCUT2D eigenvalue weighted by molar-refractivity contribution is -0.130. The van der Waals surface area contributed by atoms with E-state index in [1.807, 2.05) is 19.1 Å². The maximum Gasteiger partial charge on any atom is 0.332 e. The Morgan fingerprint density at radius 1 is 1.03 bits per heavy atom. The molecule has 8 nitrogen and oxygen atoms in total. The molecular formula is C27H36N4O4. The second-order valence-electron chi connectivity index (χ2n) is 9.18. The second-order valence-corrected chi connectivity index (χ2v) is 9.18. The molecule has 1 saturated heterocycles. The van der Waals surface area contributed by atoms with E-state index < -0.39 is 30.1 Å². The van der Waals surface area contributed by atoms with Crippen molar-refractivity contribution in [1.82, 2.24) is 10.2 Å². The molecule has 8 heteroatoms. The molecule has 2 aromatic rings. The number of urea groups is 1. The first-order valence-corrected chi connectivity index (χ1v) is 12.3. The van der Waals surface area contributed by atoms with Crippen molar-refractivity contribution in [2.45, 2.75) is 71.5 Å². The molecule has 0 aromatic heterocycles. The molecule has 2 unspecified atom stereocenters. The molecule has 1 aliphatic rings. The van der Waals surface area contributed by atoms with E-state index >= 15 is 0 Å². The van der Waals surface area contributed by atoms with E-state index in [0.29, 0.717) is 24.1 Å². The highest BCUT2D eigenvalue weighted by molar-refractivity contribution is 6.10. The number of nitrogens with zero attached hydrogens (tertiary/aromatic N) is 2. The lowest BCUT2D eigenvalue weighted by Crippen LogP contribution is -2.71. The van der Waals surface area contributed by atoms with E-state index in [0.717, 1.165) is 47.3 Å². The fraction of sp³-hybridized carbons (Fsp3) is 0.444. The molecule has 0 saturated carbocycles. The highest BCUT2D eigenvalue weighted by Crippen LogP contribution is 2.29. The zero-order chi connectivity index (χ0) is 25.7. The molecule has 0 spiro atoms. The van der Waals surface area contributed by atoms with Gasteiger partial charge in [0.25, 0.3) is 11.8 Å². The predicted octanol–water partition coefficient (Wildman–Crippen LogP) is 3.87. The number of aryl methyl sites for hydroxylation is 3. The topological polar surface area (TPSA) is 116 Å². The van der Waals surface area contributed by atoms with Crippen molar-refractivity contribution < 1.29 is 19.5 Å².